The van der Waals surface area contributed by atoms with Crippen LogP contribution in [0.3, 0.4) is 0 Å². The van der Waals surface area contributed by atoms with E-state index in [1.807, 2.05) is 4.90 Å². The summed E-state index contributed by atoms with van der Waals surface area (Å²) in [4.78, 5) is 50.0. The van der Waals surface area contributed by atoms with Gasteiger partial charge in [-0.15, -0.1) is 0 Å². The number of carbonyl (C=O) groups is 4. The van der Waals surface area contributed by atoms with Gasteiger partial charge in [0, 0.05) is 32.4 Å². The minimum Gasteiger partial charge on any atom is -0.481 e. The maximum absolute atomic E-state index is 13.2. The predicted molar refractivity (Wildman–Crippen MR) is 96.7 cm³/mol. The maximum atomic E-state index is 13.2. The molecule has 1 amide bonds. The van der Waals surface area contributed by atoms with Crippen molar-refractivity contribution in [1.82, 2.24) is 4.90 Å². The number of aliphatic carboxylic acids is 1. The van der Waals surface area contributed by atoms with Crippen molar-refractivity contribution in [2.75, 3.05) is 13.2 Å². The van der Waals surface area contributed by atoms with Gasteiger partial charge in [-0.25, -0.2) is 0 Å². The fourth-order valence-corrected chi connectivity index (χ4v) is 4.86. The van der Waals surface area contributed by atoms with Crippen LogP contribution in [0, 0.1) is 23.7 Å². The molecule has 0 unspecified atom stereocenters. The van der Waals surface area contributed by atoms with Crippen LogP contribution in [0.15, 0.2) is 11.8 Å². The smallest absolute Gasteiger partial charge is 0.308 e. The molecule has 0 radical (unpaired) electrons. The Morgan fingerprint density at radius 3 is 2.39 bits per heavy atom. The highest BCUT2D eigenvalue weighted by molar-refractivity contribution is 5.88. The van der Waals surface area contributed by atoms with E-state index in [1.165, 1.54) is 13.8 Å². The lowest BCUT2D eigenvalue weighted by molar-refractivity contribution is -0.157. The molecular formula is C20H27NO7. The summed E-state index contributed by atoms with van der Waals surface area (Å²) in [5, 5.41) is 9.91. The predicted octanol–water partition coefficient (Wildman–Crippen LogP) is 1.73. The average Bonchev–Trinajstić information content (AvgIpc) is 2.95. The van der Waals surface area contributed by atoms with Gasteiger partial charge in [-0.1, -0.05) is 19.3 Å². The Kier molecular flexibility index (Phi) is 6.05. The largest absolute Gasteiger partial charge is 0.481 e. The molecule has 1 saturated heterocycles. The molecule has 2 aliphatic carbocycles. The fourth-order valence-electron chi connectivity index (χ4n) is 4.86. The molecule has 0 aromatic rings. The van der Waals surface area contributed by atoms with Crippen molar-refractivity contribution in [3.63, 3.8) is 0 Å². The van der Waals surface area contributed by atoms with E-state index in [-0.39, 0.29) is 30.2 Å². The number of esters is 2. The second kappa shape index (κ2) is 8.32. The van der Waals surface area contributed by atoms with Crippen LogP contribution in [0.2, 0.25) is 0 Å². The molecule has 8 heteroatoms. The zero-order valence-electron chi connectivity index (χ0n) is 16.3. The van der Waals surface area contributed by atoms with Crippen molar-refractivity contribution in [2.24, 2.45) is 23.7 Å². The number of likely N-dealkylation sites (tertiary alicyclic amines) is 1. The van der Waals surface area contributed by atoms with Gasteiger partial charge in [0.2, 0.25) is 5.91 Å². The van der Waals surface area contributed by atoms with Crippen molar-refractivity contribution >= 4 is 23.8 Å². The zero-order valence-corrected chi connectivity index (χ0v) is 16.3. The van der Waals surface area contributed by atoms with E-state index in [0.29, 0.717) is 6.54 Å². The van der Waals surface area contributed by atoms with Gasteiger partial charge in [0.25, 0.3) is 0 Å². The Morgan fingerprint density at radius 2 is 1.82 bits per heavy atom. The van der Waals surface area contributed by atoms with Crippen molar-refractivity contribution in [3.8, 4) is 0 Å². The molecule has 8 nitrogen and oxygen atoms in total. The van der Waals surface area contributed by atoms with Crippen LogP contribution >= 0.6 is 0 Å². The number of hydrogen-bond donors (Lipinski definition) is 1. The Labute approximate surface area is 163 Å². The van der Waals surface area contributed by atoms with E-state index >= 15 is 0 Å². The lowest BCUT2D eigenvalue weighted by Gasteiger charge is -2.34. The summed E-state index contributed by atoms with van der Waals surface area (Å²) in [6.45, 7) is 2.65. The molecule has 154 valence electrons. The number of fused-ring (bicyclic) bond motifs is 1. The minimum atomic E-state index is -1.15. The van der Waals surface area contributed by atoms with Crippen LogP contribution in [0.1, 0.15) is 46.0 Å². The molecule has 0 aromatic heterocycles. The van der Waals surface area contributed by atoms with Gasteiger partial charge >= 0.3 is 17.9 Å². The van der Waals surface area contributed by atoms with Crippen molar-refractivity contribution in [2.45, 2.75) is 52.0 Å². The lowest BCUT2D eigenvalue weighted by atomic mass is 9.71. The third kappa shape index (κ3) is 4.05. The van der Waals surface area contributed by atoms with Crippen molar-refractivity contribution in [1.29, 1.82) is 0 Å². The number of carbonyl (C=O) groups excluding carboxylic acids is 3. The number of carboxylic acids is 1. The number of amides is 1. The third-order valence-electron chi connectivity index (χ3n) is 6.03. The van der Waals surface area contributed by atoms with Crippen LogP contribution in [0.5, 0.6) is 0 Å². The standard InChI is InChI=1S/C20H27NO7/c1-11(22)27-10-15-16(28-12(2)23)8-13-9-21(14-6-4-3-5-7-14)19(24)17(13)18(15)20(25)26/h8,13-15,17-18H,3-7,9-10H2,1-2H3,(H,25,26)/t13-,15-,17+,18-/m1/s1. The van der Waals surface area contributed by atoms with Crippen molar-refractivity contribution < 1.29 is 33.8 Å². The lowest BCUT2D eigenvalue weighted by Crippen LogP contribution is -2.45. The van der Waals surface area contributed by atoms with E-state index in [4.69, 9.17) is 9.47 Å². The Bertz CT molecular complexity index is 695. The van der Waals surface area contributed by atoms with Crippen LogP contribution in [-0.2, 0) is 28.7 Å². The molecule has 4 atom stereocenters. The summed E-state index contributed by atoms with van der Waals surface area (Å²) in [6.07, 6.45) is 6.84. The Hall–Kier alpha value is -2.38. The molecule has 3 aliphatic rings. The minimum absolute atomic E-state index is 0.138. The van der Waals surface area contributed by atoms with E-state index in [1.54, 1.807) is 6.08 Å². The summed E-state index contributed by atoms with van der Waals surface area (Å²) >= 11 is 0. The number of rotatable bonds is 5. The fraction of sp³-hybridized carbons (Fsp3) is 0.700. The van der Waals surface area contributed by atoms with Gasteiger partial charge in [0.1, 0.15) is 12.4 Å². The third-order valence-corrected chi connectivity index (χ3v) is 6.03. The highest BCUT2D eigenvalue weighted by atomic mass is 16.5. The number of nitrogens with zero attached hydrogens (tertiary/aromatic N) is 1. The quantitative estimate of drug-likeness (QED) is 0.708. The molecule has 1 aliphatic heterocycles. The summed E-state index contributed by atoms with van der Waals surface area (Å²) < 4.78 is 10.3. The molecule has 3 rings (SSSR count). The van der Waals surface area contributed by atoms with E-state index in [0.717, 1.165) is 32.1 Å². The molecule has 0 bridgehead atoms. The zero-order chi connectivity index (χ0) is 20.4. The molecular weight excluding hydrogens is 366 g/mol. The van der Waals surface area contributed by atoms with Gasteiger partial charge in [-0.05, 0) is 18.9 Å². The highest BCUT2D eigenvalue weighted by Gasteiger charge is 2.55. The Morgan fingerprint density at radius 1 is 1.14 bits per heavy atom. The summed E-state index contributed by atoms with van der Waals surface area (Å²) in [7, 11) is 0. The number of carboxylic acid groups (broad SMARTS) is 1. The summed E-state index contributed by atoms with van der Waals surface area (Å²) in [5.41, 5.74) is 0. The number of ether oxygens (including phenoxy) is 2. The van der Waals surface area contributed by atoms with Crippen molar-refractivity contribution in [3.05, 3.63) is 11.8 Å². The molecule has 2 fully saturated rings. The van der Waals surface area contributed by atoms with Gasteiger partial charge in [0.15, 0.2) is 0 Å². The van der Waals surface area contributed by atoms with E-state index < -0.39 is 35.7 Å². The summed E-state index contributed by atoms with van der Waals surface area (Å²) in [6, 6.07) is 0.138. The van der Waals surface area contributed by atoms with Gasteiger partial charge in [0.05, 0.1) is 17.8 Å². The first kappa shape index (κ1) is 20.4. The molecule has 1 N–H and O–H groups in total. The first-order valence-electron chi connectivity index (χ1n) is 9.86. The molecule has 1 saturated carbocycles. The first-order chi connectivity index (χ1) is 13.3. The van der Waals surface area contributed by atoms with Gasteiger partial charge in [-0.2, -0.15) is 0 Å². The van der Waals surface area contributed by atoms with Gasteiger partial charge < -0.3 is 19.5 Å². The second-order valence-electron chi connectivity index (χ2n) is 7.91. The molecule has 1 heterocycles. The van der Waals surface area contributed by atoms with Crippen LogP contribution in [0.25, 0.3) is 0 Å². The molecule has 0 aromatic carbocycles. The number of hydrogen-bond acceptors (Lipinski definition) is 6. The van der Waals surface area contributed by atoms with Crippen LogP contribution < -0.4 is 0 Å². The maximum Gasteiger partial charge on any atom is 0.308 e. The SMILES string of the molecule is CC(=O)OC[C@@H]1C(OC(C)=O)=C[C@@H]2CN(C3CCCCC3)C(=O)[C@@H]2[C@@H]1C(=O)O. The topological polar surface area (TPSA) is 110 Å². The van der Waals surface area contributed by atoms with Gasteiger partial charge in [-0.3, -0.25) is 19.2 Å². The normalized spacial score (nSPS) is 30.4. The monoisotopic (exact) mass is 393 g/mol. The average molecular weight is 393 g/mol. The Balaban J connectivity index is 1.92. The van der Waals surface area contributed by atoms with Crippen LogP contribution in [-0.4, -0.2) is 53.0 Å². The summed E-state index contributed by atoms with van der Waals surface area (Å²) in [5.74, 6) is -5.31. The molecule has 0 spiro atoms. The molecule has 28 heavy (non-hydrogen) atoms. The van der Waals surface area contributed by atoms with Crippen LogP contribution in [0.4, 0.5) is 0 Å². The van der Waals surface area contributed by atoms with E-state index in [9.17, 15) is 24.3 Å². The highest BCUT2D eigenvalue weighted by Crippen LogP contribution is 2.45. The first-order valence-corrected chi connectivity index (χ1v) is 9.86. The second-order valence-corrected chi connectivity index (χ2v) is 7.91. The van der Waals surface area contributed by atoms with E-state index in [2.05, 4.69) is 0 Å².